The van der Waals surface area contributed by atoms with E-state index in [2.05, 4.69) is 5.32 Å². The molecule has 1 aromatic carbocycles. The molecule has 0 aliphatic heterocycles. The fourth-order valence-corrected chi connectivity index (χ4v) is 1.76. The first-order valence-corrected chi connectivity index (χ1v) is 5.99. The number of nitrogens with zero attached hydrogens (tertiary/aromatic N) is 1. The van der Waals surface area contributed by atoms with Crippen LogP contribution in [0.2, 0.25) is 5.02 Å². The molecule has 1 unspecified atom stereocenters. The summed E-state index contributed by atoms with van der Waals surface area (Å²) < 4.78 is 0. The summed E-state index contributed by atoms with van der Waals surface area (Å²) in [6, 6.07) is 6.90. The largest absolute Gasteiger partial charge is 0.481 e. The van der Waals surface area contributed by atoms with Gasteiger partial charge in [0.05, 0.1) is 17.2 Å². The van der Waals surface area contributed by atoms with E-state index >= 15 is 0 Å². The molecule has 0 saturated carbocycles. The van der Waals surface area contributed by atoms with E-state index in [1.807, 2.05) is 19.9 Å². The fourth-order valence-electron chi connectivity index (χ4n) is 1.59. The number of nitrogens with one attached hydrogen (secondary N) is 1. The van der Waals surface area contributed by atoms with Crippen LogP contribution in [0.25, 0.3) is 0 Å². The van der Waals surface area contributed by atoms with E-state index in [4.69, 9.17) is 22.0 Å². The van der Waals surface area contributed by atoms with E-state index in [1.54, 1.807) is 18.2 Å². The quantitative estimate of drug-likeness (QED) is 0.859. The van der Waals surface area contributed by atoms with Gasteiger partial charge >= 0.3 is 5.97 Å². The Morgan fingerprint density at radius 1 is 1.56 bits per heavy atom. The SMILES string of the molecule is CC(C)C(CNc1cc(Cl)ccc1C#N)C(=O)O. The van der Waals surface area contributed by atoms with Crippen LogP contribution in [0.4, 0.5) is 5.69 Å². The second-order valence-corrected chi connectivity index (χ2v) is 4.81. The molecule has 0 aromatic heterocycles. The molecule has 0 spiro atoms. The average molecular weight is 267 g/mol. The monoisotopic (exact) mass is 266 g/mol. The zero-order chi connectivity index (χ0) is 13.7. The highest BCUT2D eigenvalue weighted by Gasteiger charge is 2.21. The number of rotatable bonds is 5. The Morgan fingerprint density at radius 3 is 2.72 bits per heavy atom. The number of carbonyl (C=O) groups is 1. The summed E-state index contributed by atoms with van der Waals surface area (Å²) >= 11 is 5.85. The van der Waals surface area contributed by atoms with Gasteiger partial charge in [-0.2, -0.15) is 5.26 Å². The molecule has 18 heavy (non-hydrogen) atoms. The van der Waals surface area contributed by atoms with Crippen LogP contribution in [0, 0.1) is 23.2 Å². The van der Waals surface area contributed by atoms with Gasteiger partial charge in [0, 0.05) is 11.6 Å². The van der Waals surface area contributed by atoms with Crippen molar-refractivity contribution in [3.8, 4) is 6.07 Å². The molecule has 1 atom stereocenters. The highest BCUT2D eigenvalue weighted by atomic mass is 35.5. The second kappa shape index (κ2) is 6.27. The lowest BCUT2D eigenvalue weighted by atomic mass is 9.96. The number of carboxylic acids is 1. The first kappa shape index (κ1) is 14.3. The number of hydrogen-bond donors (Lipinski definition) is 2. The molecule has 4 nitrogen and oxygen atoms in total. The molecule has 0 aliphatic rings. The first-order valence-electron chi connectivity index (χ1n) is 5.62. The smallest absolute Gasteiger partial charge is 0.308 e. The standard InChI is InChI=1S/C13H15ClN2O2/c1-8(2)11(13(17)18)7-16-12-5-10(14)4-3-9(12)6-15/h3-5,8,11,16H,7H2,1-2H3,(H,17,18). The van der Waals surface area contributed by atoms with Crippen molar-refractivity contribution in [2.24, 2.45) is 11.8 Å². The van der Waals surface area contributed by atoms with Gasteiger partial charge in [-0.3, -0.25) is 4.79 Å². The molecule has 96 valence electrons. The van der Waals surface area contributed by atoms with E-state index in [1.165, 1.54) is 0 Å². The Labute approximate surface area is 111 Å². The molecule has 1 aromatic rings. The Hall–Kier alpha value is -1.73. The third-order valence-corrected chi connectivity index (χ3v) is 2.97. The minimum Gasteiger partial charge on any atom is -0.481 e. The van der Waals surface area contributed by atoms with Gasteiger partial charge in [0.15, 0.2) is 0 Å². The van der Waals surface area contributed by atoms with Crippen molar-refractivity contribution in [3.05, 3.63) is 28.8 Å². The Balaban J connectivity index is 2.82. The minimum atomic E-state index is -0.849. The molecule has 0 bridgehead atoms. The number of hydrogen-bond acceptors (Lipinski definition) is 3. The molecular weight excluding hydrogens is 252 g/mol. The third kappa shape index (κ3) is 3.64. The molecular formula is C13H15ClN2O2. The number of aliphatic carboxylic acids is 1. The van der Waals surface area contributed by atoms with Gasteiger partial charge in [0.1, 0.15) is 6.07 Å². The van der Waals surface area contributed by atoms with Crippen molar-refractivity contribution < 1.29 is 9.90 Å². The van der Waals surface area contributed by atoms with Gasteiger partial charge in [0.2, 0.25) is 0 Å². The van der Waals surface area contributed by atoms with Crippen LogP contribution in [-0.4, -0.2) is 17.6 Å². The first-order chi connectivity index (χ1) is 8.45. The molecule has 0 saturated heterocycles. The Bertz CT molecular complexity index is 480. The third-order valence-electron chi connectivity index (χ3n) is 2.74. The maximum Gasteiger partial charge on any atom is 0.308 e. The van der Waals surface area contributed by atoms with Crippen LogP contribution in [0.5, 0.6) is 0 Å². The van der Waals surface area contributed by atoms with E-state index < -0.39 is 11.9 Å². The predicted molar refractivity (Wildman–Crippen MR) is 70.6 cm³/mol. The molecule has 0 amide bonds. The summed E-state index contributed by atoms with van der Waals surface area (Å²) in [6.45, 7) is 3.97. The summed E-state index contributed by atoms with van der Waals surface area (Å²) in [6.07, 6.45) is 0. The van der Waals surface area contributed by atoms with Gasteiger partial charge in [-0.15, -0.1) is 0 Å². The van der Waals surface area contributed by atoms with Crippen molar-refractivity contribution in [1.82, 2.24) is 0 Å². The number of benzene rings is 1. The van der Waals surface area contributed by atoms with Crippen LogP contribution in [-0.2, 0) is 4.79 Å². The van der Waals surface area contributed by atoms with Crippen LogP contribution >= 0.6 is 11.6 Å². The van der Waals surface area contributed by atoms with Crippen LogP contribution in [0.1, 0.15) is 19.4 Å². The molecule has 0 fully saturated rings. The number of nitriles is 1. The lowest BCUT2D eigenvalue weighted by molar-refractivity contribution is -0.142. The maximum absolute atomic E-state index is 11.1. The molecule has 1 rings (SSSR count). The van der Waals surface area contributed by atoms with E-state index in [0.29, 0.717) is 16.3 Å². The van der Waals surface area contributed by atoms with Crippen molar-refractivity contribution in [3.63, 3.8) is 0 Å². The highest BCUT2D eigenvalue weighted by molar-refractivity contribution is 6.30. The van der Waals surface area contributed by atoms with Crippen molar-refractivity contribution in [2.75, 3.05) is 11.9 Å². The second-order valence-electron chi connectivity index (χ2n) is 4.37. The van der Waals surface area contributed by atoms with Gasteiger partial charge < -0.3 is 10.4 Å². The fraction of sp³-hybridized carbons (Fsp3) is 0.385. The summed E-state index contributed by atoms with van der Waals surface area (Å²) in [5, 5.41) is 21.5. The molecule has 0 radical (unpaired) electrons. The lowest BCUT2D eigenvalue weighted by Gasteiger charge is -2.18. The van der Waals surface area contributed by atoms with Crippen molar-refractivity contribution >= 4 is 23.3 Å². The zero-order valence-corrected chi connectivity index (χ0v) is 11.0. The predicted octanol–water partition coefficient (Wildman–Crippen LogP) is 2.98. The molecule has 2 N–H and O–H groups in total. The maximum atomic E-state index is 11.1. The van der Waals surface area contributed by atoms with Gasteiger partial charge in [-0.1, -0.05) is 25.4 Å². The van der Waals surface area contributed by atoms with Crippen molar-refractivity contribution in [2.45, 2.75) is 13.8 Å². The summed E-state index contributed by atoms with van der Waals surface area (Å²) in [5.41, 5.74) is 1.02. The summed E-state index contributed by atoms with van der Waals surface area (Å²) in [7, 11) is 0. The van der Waals surface area contributed by atoms with E-state index in [9.17, 15) is 4.79 Å². The number of carboxylic acid groups (broad SMARTS) is 1. The molecule has 0 aliphatic carbocycles. The van der Waals surface area contributed by atoms with E-state index in [-0.39, 0.29) is 12.5 Å². The normalized spacial score (nSPS) is 11.9. The van der Waals surface area contributed by atoms with Crippen LogP contribution in [0.3, 0.4) is 0 Å². The van der Waals surface area contributed by atoms with Gasteiger partial charge in [0.25, 0.3) is 0 Å². The Kier molecular flexibility index (Phi) is 4.99. The lowest BCUT2D eigenvalue weighted by Crippen LogP contribution is -2.27. The van der Waals surface area contributed by atoms with Crippen LogP contribution < -0.4 is 5.32 Å². The topological polar surface area (TPSA) is 73.1 Å². The molecule has 0 heterocycles. The average Bonchev–Trinajstić information content (AvgIpc) is 2.28. The number of halogens is 1. The molecule has 5 heteroatoms. The summed E-state index contributed by atoms with van der Waals surface area (Å²) in [5.74, 6) is -1.34. The highest BCUT2D eigenvalue weighted by Crippen LogP contribution is 2.21. The van der Waals surface area contributed by atoms with Gasteiger partial charge in [-0.25, -0.2) is 0 Å². The zero-order valence-electron chi connectivity index (χ0n) is 10.3. The van der Waals surface area contributed by atoms with Crippen molar-refractivity contribution in [1.29, 1.82) is 5.26 Å². The van der Waals surface area contributed by atoms with Crippen LogP contribution in [0.15, 0.2) is 18.2 Å². The summed E-state index contributed by atoms with van der Waals surface area (Å²) in [4.78, 5) is 11.1. The Morgan fingerprint density at radius 2 is 2.22 bits per heavy atom. The minimum absolute atomic E-state index is 0.0136. The van der Waals surface area contributed by atoms with Gasteiger partial charge in [-0.05, 0) is 24.1 Å². The van der Waals surface area contributed by atoms with E-state index in [0.717, 1.165) is 0 Å². The number of anilines is 1.